The molecule has 1 N–H and O–H groups in total. The fourth-order valence-electron chi connectivity index (χ4n) is 4.43. The first-order valence-electron chi connectivity index (χ1n) is 9.57. The fraction of sp³-hybridized carbons (Fsp3) is 0.500. The van der Waals surface area contributed by atoms with Crippen LogP contribution in [0.5, 0.6) is 11.5 Å². The van der Waals surface area contributed by atoms with E-state index in [1.165, 1.54) is 22.0 Å². The minimum absolute atomic E-state index is 0.0215. The quantitative estimate of drug-likeness (QED) is 0.546. The van der Waals surface area contributed by atoms with Crippen LogP contribution in [-0.2, 0) is 5.21 Å². The molecule has 3 nitrogen and oxygen atoms in total. The summed E-state index contributed by atoms with van der Waals surface area (Å²) >= 11 is 0. The van der Waals surface area contributed by atoms with Gasteiger partial charge in [-0.2, -0.15) is 0 Å². The van der Waals surface area contributed by atoms with Crippen molar-refractivity contribution in [3.63, 3.8) is 0 Å². The number of hydrogen-bond donors (Lipinski definition) is 1. The third kappa shape index (κ3) is 3.38. The van der Waals surface area contributed by atoms with E-state index in [2.05, 4.69) is 75.0 Å². The van der Waals surface area contributed by atoms with E-state index in [1.807, 2.05) is 15.7 Å². The Hall–Kier alpha value is -0.571. The minimum Gasteiger partial charge on any atom is -0.467 e. The second-order valence-electron chi connectivity index (χ2n) is 9.12. The second-order valence-corrected chi connectivity index (χ2v) is 9.12. The zero-order chi connectivity index (χ0) is 19.4. The maximum absolute atomic E-state index is 6.18. The lowest BCUT2D eigenvalue weighted by Gasteiger charge is -2.49. The molecule has 0 amide bonds. The van der Waals surface area contributed by atoms with Gasteiger partial charge >= 0.3 is 0 Å². The van der Waals surface area contributed by atoms with Gasteiger partial charge in [0, 0.05) is 0 Å². The molecule has 1 aliphatic rings. The lowest BCUT2D eigenvalue weighted by molar-refractivity contribution is 0.0844. The summed E-state index contributed by atoms with van der Waals surface area (Å²) in [6.07, 6.45) is 1.05. The molecule has 1 heterocycles. The van der Waals surface area contributed by atoms with Gasteiger partial charge in [0.15, 0.2) is 32.8 Å². The van der Waals surface area contributed by atoms with Crippen molar-refractivity contribution in [2.45, 2.75) is 35.4 Å². The van der Waals surface area contributed by atoms with Crippen LogP contribution in [0.3, 0.4) is 0 Å². The summed E-state index contributed by atoms with van der Waals surface area (Å²) in [5, 5.41) is 3.77. The number of rotatable bonds is 5. The first-order chi connectivity index (χ1) is 11.3. The Labute approximate surface area is 162 Å². The Morgan fingerprint density at radius 1 is 0.960 bits per heavy atom. The normalized spacial score (nSPS) is 18.2. The monoisotopic (exact) mass is 327 g/mol. The van der Waals surface area contributed by atoms with Gasteiger partial charge in [0.05, 0.1) is 0 Å². The summed E-state index contributed by atoms with van der Waals surface area (Å²) in [5.41, 5.74) is 4.47. The Kier molecular flexibility index (Phi) is 5.43. The Morgan fingerprint density at radius 2 is 1.44 bits per heavy atom. The smallest absolute Gasteiger partial charge is 0.197 e. The van der Waals surface area contributed by atoms with Crippen LogP contribution in [0.25, 0.3) is 0 Å². The number of hydrogen-bond acceptors (Lipinski definition) is 3. The second kappa shape index (κ2) is 6.55. The standard InChI is InChI=1S/C12H27B10NO2/c1-2-10(18,23-9(16)17)11(19,20)3-4(13)6(15)8-7(5(3)14)24-12(21,22)25-8/h9,23H,2,13-22H2,1H3. The summed E-state index contributed by atoms with van der Waals surface area (Å²) in [6.45, 7) is 2.27. The highest BCUT2D eigenvalue weighted by molar-refractivity contribution is 6.57. The molecule has 25 heavy (non-hydrogen) atoms. The first-order valence-corrected chi connectivity index (χ1v) is 9.57. The zero-order valence-electron chi connectivity index (χ0n) is 18.1. The molecule has 0 spiro atoms. The number of benzene rings is 1. The highest BCUT2D eigenvalue weighted by atomic mass is 16.7. The molecule has 0 saturated carbocycles. The van der Waals surface area contributed by atoms with E-state index in [0.29, 0.717) is 5.84 Å². The van der Waals surface area contributed by atoms with Crippen LogP contribution in [0.15, 0.2) is 0 Å². The third-order valence-corrected chi connectivity index (χ3v) is 6.21. The van der Waals surface area contributed by atoms with Crippen LogP contribution < -0.4 is 31.2 Å². The van der Waals surface area contributed by atoms with Crippen molar-refractivity contribution in [3.8, 4) is 11.5 Å². The maximum Gasteiger partial charge on any atom is 0.197 e. The molecule has 1 aromatic rings. The van der Waals surface area contributed by atoms with Gasteiger partial charge in [0.25, 0.3) is 0 Å². The van der Waals surface area contributed by atoms with Gasteiger partial charge in [-0.05, 0) is 22.8 Å². The zero-order valence-corrected chi connectivity index (χ0v) is 18.1. The van der Waals surface area contributed by atoms with E-state index in [4.69, 9.17) is 9.47 Å². The summed E-state index contributed by atoms with van der Waals surface area (Å²) in [4.78, 5) is 0. The Morgan fingerprint density at radius 3 is 1.88 bits per heavy atom. The van der Waals surface area contributed by atoms with Gasteiger partial charge in [-0.25, -0.2) is 0 Å². The average Bonchev–Trinajstić information content (AvgIpc) is 2.80. The molecule has 0 radical (unpaired) electrons. The lowest BCUT2D eigenvalue weighted by atomic mass is 9.34. The van der Waals surface area contributed by atoms with Gasteiger partial charge in [0.2, 0.25) is 0 Å². The summed E-state index contributed by atoms with van der Waals surface area (Å²) in [6, 6.07) is 0. The van der Waals surface area contributed by atoms with Gasteiger partial charge in [-0.1, -0.05) is 29.0 Å². The molecule has 1 aromatic carbocycles. The first kappa shape index (κ1) is 20.7. The van der Waals surface area contributed by atoms with Crippen LogP contribution in [0.2, 0.25) is 0 Å². The van der Waals surface area contributed by atoms with Gasteiger partial charge in [-0.15, -0.1) is 0 Å². The van der Waals surface area contributed by atoms with Crippen molar-refractivity contribution in [1.82, 2.24) is 5.32 Å². The molecule has 1 aliphatic heterocycles. The summed E-state index contributed by atoms with van der Waals surface area (Å²) < 4.78 is 12.3. The molecular weight excluding hydrogens is 298 g/mol. The number of ether oxygens (including phenoxy) is 2. The highest BCUT2D eigenvalue weighted by Gasteiger charge is 2.44. The molecule has 2 rings (SSSR count). The molecular formula is C12H27B10NO2. The van der Waals surface area contributed by atoms with Crippen LogP contribution in [0.1, 0.15) is 18.9 Å². The van der Waals surface area contributed by atoms with Crippen molar-refractivity contribution < 1.29 is 9.47 Å². The Bertz CT molecular complexity index is 695. The molecule has 122 valence electrons. The molecule has 0 aliphatic carbocycles. The lowest BCUT2D eigenvalue weighted by Crippen LogP contribution is -2.67. The predicted octanol–water partition coefficient (Wildman–Crippen LogP) is -10.6. The van der Waals surface area contributed by atoms with Crippen molar-refractivity contribution in [2.24, 2.45) is 0 Å². The Balaban J connectivity index is 2.70. The molecule has 0 bridgehead atoms. The van der Waals surface area contributed by atoms with Crippen LogP contribution >= 0.6 is 0 Å². The topological polar surface area (TPSA) is 30.5 Å². The van der Waals surface area contributed by atoms with Crippen molar-refractivity contribution in [3.05, 3.63) is 5.56 Å². The molecule has 1 atom stereocenters. The van der Waals surface area contributed by atoms with Crippen LogP contribution in [0.4, 0.5) is 0 Å². The SMILES string of the molecule is Bc1c(B)c(C(B)(B)C(B)(CC)NC(B)B)c(B)c2c1OC(B)(B)O2. The van der Waals surface area contributed by atoms with Crippen LogP contribution in [-0.4, -0.2) is 95.3 Å². The van der Waals surface area contributed by atoms with Crippen LogP contribution in [0, 0.1) is 0 Å². The van der Waals surface area contributed by atoms with Crippen molar-refractivity contribution >= 4 is 94.9 Å². The fourth-order valence-corrected chi connectivity index (χ4v) is 4.43. The van der Waals surface area contributed by atoms with Crippen molar-refractivity contribution in [1.29, 1.82) is 0 Å². The van der Waals surface area contributed by atoms with Gasteiger partial charge < -0.3 is 14.8 Å². The molecule has 0 aromatic heterocycles. The maximum atomic E-state index is 6.18. The summed E-state index contributed by atoms with van der Waals surface area (Å²) in [5.74, 6) is 2.26. The molecule has 0 saturated heterocycles. The largest absolute Gasteiger partial charge is 0.467 e. The van der Waals surface area contributed by atoms with E-state index >= 15 is 0 Å². The van der Waals surface area contributed by atoms with E-state index in [1.54, 1.807) is 0 Å². The average molecular weight is 325 g/mol. The van der Waals surface area contributed by atoms with Gasteiger partial charge in [0.1, 0.15) is 62.8 Å². The molecule has 13 heteroatoms. The van der Waals surface area contributed by atoms with Crippen molar-refractivity contribution in [2.75, 3.05) is 0 Å². The number of nitrogens with one attached hydrogen (secondary N) is 1. The predicted molar refractivity (Wildman–Crippen MR) is 136 cm³/mol. The van der Waals surface area contributed by atoms with E-state index in [9.17, 15) is 0 Å². The van der Waals surface area contributed by atoms with Gasteiger partial charge in [-0.3, -0.25) is 0 Å². The third-order valence-electron chi connectivity index (χ3n) is 6.21. The van der Waals surface area contributed by atoms with E-state index in [-0.39, 0.29) is 10.7 Å². The highest BCUT2D eigenvalue weighted by Crippen LogP contribution is 2.37. The number of fused-ring (bicyclic) bond motifs is 1. The van der Waals surface area contributed by atoms with E-state index < -0.39 is 5.59 Å². The molecule has 0 fully saturated rings. The minimum atomic E-state index is -0.600. The molecule has 1 unspecified atom stereocenters. The summed E-state index contributed by atoms with van der Waals surface area (Å²) in [7, 11) is 22.0. The van der Waals surface area contributed by atoms with E-state index in [0.717, 1.165) is 17.9 Å².